The Labute approximate surface area is 99.5 Å². The second-order valence-corrected chi connectivity index (χ2v) is 6.23. The van der Waals surface area contributed by atoms with Gasteiger partial charge in [-0.05, 0) is 24.7 Å². The highest BCUT2D eigenvalue weighted by molar-refractivity contribution is 7.87. The van der Waals surface area contributed by atoms with Gasteiger partial charge in [0.1, 0.15) is 0 Å². The second-order valence-electron chi connectivity index (χ2n) is 4.62. The highest BCUT2D eigenvalue weighted by Crippen LogP contribution is 2.46. The molecular formula is C10H17F3O3S. The summed E-state index contributed by atoms with van der Waals surface area (Å²) >= 11 is 0. The quantitative estimate of drug-likeness (QED) is 0.552. The fraction of sp³-hybridized carbons (Fsp3) is 1.00. The van der Waals surface area contributed by atoms with Crippen molar-refractivity contribution in [3.63, 3.8) is 0 Å². The van der Waals surface area contributed by atoms with Crippen LogP contribution in [0.3, 0.4) is 0 Å². The number of unbranched alkanes of at least 4 members (excludes halogenated alkanes) is 1. The summed E-state index contributed by atoms with van der Waals surface area (Å²) in [5.74, 6) is 0. The van der Waals surface area contributed by atoms with Crippen molar-refractivity contribution in [1.29, 1.82) is 0 Å². The maximum absolute atomic E-state index is 12.1. The lowest BCUT2D eigenvalue weighted by Gasteiger charge is -2.41. The van der Waals surface area contributed by atoms with Gasteiger partial charge in [0.15, 0.2) is 0 Å². The van der Waals surface area contributed by atoms with Crippen LogP contribution in [0.4, 0.5) is 13.2 Å². The van der Waals surface area contributed by atoms with Crippen molar-refractivity contribution in [3.8, 4) is 0 Å². The summed E-state index contributed by atoms with van der Waals surface area (Å²) in [5.41, 5.74) is -5.67. The fourth-order valence-corrected chi connectivity index (χ4v) is 2.50. The number of hydrogen-bond acceptors (Lipinski definition) is 3. The molecule has 0 aromatic heterocycles. The van der Waals surface area contributed by atoms with Crippen molar-refractivity contribution in [3.05, 3.63) is 0 Å². The maximum atomic E-state index is 12.1. The molecule has 0 atom stereocenters. The molecule has 102 valence electrons. The molecule has 0 spiro atoms. The van der Waals surface area contributed by atoms with Crippen molar-refractivity contribution < 1.29 is 25.8 Å². The van der Waals surface area contributed by atoms with Gasteiger partial charge in [-0.25, -0.2) is 0 Å². The lowest BCUT2D eigenvalue weighted by Crippen LogP contribution is -2.37. The minimum absolute atomic E-state index is 0.338. The first-order valence-corrected chi connectivity index (χ1v) is 7.09. The Balaban J connectivity index is 2.54. The van der Waals surface area contributed by atoms with Crippen LogP contribution in [-0.4, -0.2) is 20.5 Å². The highest BCUT2D eigenvalue weighted by atomic mass is 32.2. The zero-order valence-corrected chi connectivity index (χ0v) is 10.5. The molecule has 1 saturated carbocycles. The molecule has 1 fully saturated rings. The summed E-state index contributed by atoms with van der Waals surface area (Å²) in [6.45, 7) is 1.65. The number of rotatable bonds is 6. The Morgan fingerprint density at radius 1 is 1.29 bits per heavy atom. The van der Waals surface area contributed by atoms with E-state index in [-0.39, 0.29) is 12.0 Å². The van der Waals surface area contributed by atoms with Gasteiger partial charge in [-0.3, -0.25) is 4.18 Å². The van der Waals surface area contributed by atoms with Crippen molar-refractivity contribution in [2.45, 2.75) is 51.0 Å². The predicted octanol–water partition coefficient (Wildman–Crippen LogP) is 3.21. The molecule has 0 amide bonds. The molecule has 0 aliphatic heterocycles. The Bertz CT molecular complexity index is 344. The Morgan fingerprint density at radius 3 is 2.24 bits per heavy atom. The smallest absolute Gasteiger partial charge is 0.263 e. The monoisotopic (exact) mass is 274 g/mol. The van der Waals surface area contributed by atoms with Gasteiger partial charge in [0.25, 0.3) is 0 Å². The first kappa shape index (κ1) is 14.8. The van der Waals surface area contributed by atoms with Crippen LogP contribution in [0.5, 0.6) is 0 Å². The summed E-state index contributed by atoms with van der Waals surface area (Å²) in [7, 11) is -5.43. The van der Waals surface area contributed by atoms with E-state index in [2.05, 4.69) is 4.18 Å². The third kappa shape index (κ3) is 3.58. The van der Waals surface area contributed by atoms with E-state index in [0.29, 0.717) is 0 Å². The summed E-state index contributed by atoms with van der Waals surface area (Å²) in [4.78, 5) is 0. The number of hydrogen-bond donors (Lipinski definition) is 0. The summed E-state index contributed by atoms with van der Waals surface area (Å²) in [6, 6.07) is 0. The fourth-order valence-electron chi connectivity index (χ4n) is 1.96. The van der Waals surface area contributed by atoms with Gasteiger partial charge in [-0.15, -0.1) is 0 Å². The molecule has 1 rings (SSSR count). The molecule has 0 radical (unpaired) electrons. The summed E-state index contributed by atoms with van der Waals surface area (Å²) in [6.07, 6.45) is 4.99. The largest absolute Gasteiger partial charge is 0.523 e. The van der Waals surface area contributed by atoms with Crippen molar-refractivity contribution in [2.24, 2.45) is 5.41 Å². The van der Waals surface area contributed by atoms with Crippen LogP contribution in [0.2, 0.25) is 0 Å². The minimum atomic E-state index is -5.43. The van der Waals surface area contributed by atoms with Gasteiger partial charge in [0.05, 0.1) is 6.61 Å². The Kier molecular flexibility index (Phi) is 4.46. The van der Waals surface area contributed by atoms with E-state index in [9.17, 15) is 21.6 Å². The molecule has 3 nitrogen and oxygen atoms in total. The molecular weight excluding hydrogens is 257 g/mol. The Hall–Kier alpha value is -0.300. The standard InChI is InChI=1S/C10H17F3O3S/c1-2-3-5-9(6-4-7-9)8-16-17(14,15)10(11,12)13/h2-8H2,1H3. The van der Waals surface area contributed by atoms with Gasteiger partial charge in [0, 0.05) is 0 Å². The van der Waals surface area contributed by atoms with Crippen LogP contribution < -0.4 is 0 Å². The molecule has 0 aromatic carbocycles. The van der Waals surface area contributed by atoms with E-state index < -0.39 is 15.6 Å². The van der Waals surface area contributed by atoms with Gasteiger partial charge in [-0.2, -0.15) is 21.6 Å². The molecule has 0 heterocycles. The van der Waals surface area contributed by atoms with E-state index in [1.807, 2.05) is 6.92 Å². The first-order chi connectivity index (χ1) is 7.72. The first-order valence-electron chi connectivity index (χ1n) is 5.68. The summed E-state index contributed by atoms with van der Waals surface area (Å²) in [5, 5.41) is 0. The van der Waals surface area contributed by atoms with E-state index in [1.54, 1.807) is 0 Å². The zero-order valence-electron chi connectivity index (χ0n) is 9.72. The number of alkyl halides is 3. The molecule has 1 aliphatic rings. The van der Waals surface area contributed by atoms with Crippen LogP contribution in [-0.2, 0) is 14.3 Å². The van der Waals surface area contributed by atoms with Gasteiger partial charge < -0.3 is 0 Å². The molecule has 7 heteroatoms. The molecule has 0 unspecified atom stereocenters. The topological polar surface area (TPSA) is 43.4 Å². The van der Waals surface area contributed by atoms with Crippen LogP contribution in [0, 0.1) is 5.41 Å². The second kappa shape index (κ2) is 5.14. The lowest BCUT2D eigenvalue weighted by molar-refractivity contribution is -0.0597. The molecule has 1 aliphatic carbocycles. The number of halogens is 3. The van der Waals surface area contributed by atoms with Crippen molar-refractivity contribution in [2.75, 3.05) is 6.61 Å². The lowest BCUT2D eigenvalue weighted by atomic mass is 9.66. The van der Waals surface area contributed by atoms with Gasteiger partial charge >= 0.3 is 15.6 Å². The van der Waals surface area contributed by atoms with E-state index in [0.717, 1.165) is 38.5 Å². The third-order valence-electron chi connectivity index (χ3n) is 3.28. The zero-order chi connectivity index (χ0) is 13.2. The SMILES string of the molecule is CCCCC1(COS(=O)(=O)C(F)(F)F)CCC1. The predicted molar refractivity (Wildman–Crippen MR) is 56.7 cm³/mol. The third-order valence-corrected chi connectivity index (χ3v) is 4.27. The molecule has 0 aromatic rings. The van der Waals surface area contributed by atoms with Crippen molar-refractivity contribution in [1.82, 2.24) is 0 Å². The molecule has 0 N–H and O–H groups in total. The minimum Gasteiger partial charge on any atom is -0.263 e. The molecule has 0 bridgehead atoms. The maximum Gasteiger partial charge on any atom is 0.523 e. The molecule has 17 heavy (non-hydrogen) atoms. The van der Waals surface area contributed by atoms with Gasteiger partial charge in [-0.1, -0.05) is 26.2 Å². The normalized spacial score (nSPS) is 20.0. The van der Waals surface area contributed by atoms with Crippen LogP contribution >= 0.6 is 0 Å². The van der Waals surface area contributed by atoms with E-state index in [4.69, 9.17) is 0 Å². The van der Waals surface area contributed by atoms with E-state index >= 15 is 0 Å². The van der Waals surface area contributed by atoms with Crippen LogP contribution in [0.15, 0.2) is 0 Å². The molecule has 0 saturated heterocycles. The summed E-state index contributed by atoms with van der Waals surface area (Å²) < 4.78 is 61.9. The average Bonchev–Trinajstić information content (AvgIpc) is 2.14. The average molecular weight is 274 g/mol. The van der Waals surface area contributed by atoms with Crippen LogP contribution in [0.1, 0.15) is 45.4 Å². The van der Waals surface area contributed by atoms with Crippen LogP contribution in [0.25, 0.3) is 0 Å². The van der Waals surface area contributed by atoms with Gasteiger partial charge in [0.2, 0.25) is 0 Å². The van der Waals surface area contributed by atoms with Crippen molar-refractivity contribution >= 4 is 10.1 Å². The van der Waals surface area contributed by atoms with E-state index in [1.165, 1.54) is 0 Å². The Morgan fingerprint density at radius 2 is 1.88 bits per heavy atom. The highest BCUT2D eigenvalue weighted by Gasteiger charge is 2.49.